The van der Waals surface area contributed by atoms with E-state index in [1.165, 1.54) is 24.3 Å². The Labute approximate surface area is 147 Å². The molecule has 1 unspecified atom stereocenters. The molecule has 8 nitrogen and oxygen atoms in total. The average molecular weight is 390 g/mol. The number of sulfonamides is 1. The van der Waals surface area contributed by atoms with Gasteiger partial charge in [-0.2, -0.15) is 0 Å². The number of rotatable bonds is 8. The van der Waals surface area contributed by atoms with Crippen molar-refractivity contribution >= 4 is 25.8 Å². The van der Waals surface area contributed by atoms with Gasteiger partial charge in [-0.15, -0.1) is 0 Å². The molecule has 1 aliphatic heterocycles. The molecular formula is C15H22N2O6S2. The average Bonchev–Trinajstić information content (AvgIpc) is 2.89. The van der Waals surface area contributed by atoms with Crippen LogP contribution in [0.1, 0.15) is 23.2 Å². The lowest BCUT2D eigenvalue weighted by molar-refractivity contribution is 0.0948. The van der Waals surface area contributed by atoms with Gasteiger partial charge in [-0.25, -0.2) is 21.6 Å². The van der Waals surface area contributed by atoms with E-state index in [1.807, 2.05) is 0 Å². The minimum atomic E-state index is -3.82. The van der Waals surface area contributed by atoms with Crippen LogP contribution in [-0.2, 0) is 24.6 Å². The molecule has 1 fully saturated rings. The van der Waals surface area contributed by atoms with Crippen molar-refractivity contribution in [3.63, 3.8) is 0 Å². The summed E-state index contributed by atoms with van der Waals surface area (Å²) in [6, 6.07) is 4.89. The maximum absolute atomic E-state index is 12.3. The van der Waals surface area contributed by atoms with Gasteiger partial charge in [-0.05, 0) is 37.1 Å². The van der Waals surface area contributed by atoms with Crippen LogP contribution in [0, 0.1) is 0 Å². The van der Waals surface area contributed by atoms with Crippen LogP contribution in [0.3, 0.4) is 0 Å². The van der Waals surface area contributed by atoms with Gasteiger partial charge in [0.1, 0.15) is 0 Å². The Morgan fingerprint density at radius 1 is 1.28 bits per heavy atom. The van der Waals surface area contributed by atoms with Gasteiger partial charge in [0, 0.05) is 31.9 Å². The minimum Gasteiger partial charge on any atom is -0.385 e. The maximum Gasteiger partial charge on any atom is 0.251 e. The summed E-state index contributed by atoms with van der Waals surface area (Å²) < 4.78 is 54.7. The largest absolute Gasteiger partial charge is 0.385 e. The van der Waals surface area contributed by atoms with E-state index in [9.17, 15) is 21.6 Å². The fraction of sp³-hybridized carbons (Fsp3) is 0.533. The first-order valence-corrected chi connectivity index (χ1v) is 11.1. The van der Waals surface area contributed by atoms with Gasteiger partial charge < -0.3 is 10.1 Å². The van der Waals surface area contributed by atoms with E-state index in [0.717, 1.165) is 0 Å². The molecule has 2 N–H and O–H groups in total. The molecule has 25 heavy (non-hydrogen) atoms. The van der Waals surface area contributed by atoms with Crippen molar-refractivity contribution in [2.24, 2.45) is 0 Å². The second kappa shape index (κ2) is 8.26. The number of benzene rings is 1. The van der Waals surface area contributed by atoms with Crippen molar-refractivity contribution < 1.29 is 26.4 Å². The van der Waals surface area contributed by atoms with E-state index in [4.69, 9.17) is 4.74 Å². The number of methoxy groups -OCH3 is 1. The molecule has 140 valence electrons. The number of sulfone groups is 1. The molecule has 1 heterocycles. The Morgan fingerprint density at radius 3 is 2.52 bits per heavy atom. The molecule has 0 spiro atoms. The second-order valence-electron chi connectivity index (χ2n) is 5.85. The van der Waals surface area contributed by atoms with Crippen LogP contribution in [-0.4, -0.2) is 60.6 Å². The lowest BCUT2D eigenvalue weighted by atomic mass is 10.2. The van der Waals surface area contributed by atoms with Crippen LogP contribution >= 0.6 is 0 Å². The summed E-state index contributed by atoms with van der Waals surface area (Å²) in [4.78, 5) is 11.9. The van der Waals surface area contributed by atoms with Gasteiger partial charge in [-0.1, -0.05) is 0 Å². The van der Waals surface area contributed by atoms with Crippen molar-refractivity contribution in [3.8, 4) is 0 Å². The first-order valence-electron chi connectivity index (χ1n) is 7.83. The fourth-order valence-corrected chi connectivity index (χ4v) is 5.53. The zero-order chi connectivity index (χ0) is 18.5. The van der Waals surface area contributed by atoms with E-state index < -0.39 is 25.9 Å². The summed E-state index contributed by atoms with van der Waals surface area (Å²) in [7, 11) is -5.41. The number of nitrogens with one attached hydrogen (secondary N) is 2. The van der Waals surface area contributed by atoms with E-state index >= 15 is 0 Å². The summed E-state index contributed by atoms with van der Waals surface area (Å²) in [5.74, 6) is -0.494. The van der Waals surface area contributed by atoms with Crippen molar-refractivity contribution in [3.05, 3.63) is 29.8 Å². The highest BCUT2D eigenvalue weighted by atomic mass is 32.2. The van der Waals surface area contributed by atoms with Gasteiger partial charge in [0.05, 0.1) is 16.4 Å². The van der Waals surface area contributed by atoms with Crippen LogP contribution in [0.25, 0.3) is 0 Å². The Balaban J connectivity index is 1.97. The zero-order valence-electron chi connectivity index (χ0n) is 13.9. The molecular weight excluding hydrogens is 368 g/mol. The molecule has 0 saturated carbocycles. The molecule has 2 rings (SSSR count). The molecule has 1 saturated heterocycles. The molecule has 0 radical (unpaired) electrons. The summed E-state index contributed by atoms with van der Waals surface area (Å²) >= 11 is 0. The Kier molecular flexibility index (Phi) is 6.55. The normalized spacial score (nSPS) is 19.6. The van der Waals surface area contributed by atoms with Gasteiger partial charge in [0.2, 0.25) is 10.0 Å². The van der Waals surface area contributed by atoms with Gasteiger partial charge >= 0.3 is 0 Å². The molecule has 0 aromatic heterocycles. The summed E-state index contributed by atoms with van der Waals surface area (Å²) in [5.41, 5.74) is 0.347. The molecule has 1 atom stereocenters. The molecule has 10 heteroatoms. The summed E-state index contributed by atoms with van der Waals surface area (Å²) in [6.45, 7) is 1.00. The lowest BCUT2D eigenvalue weighted by Gasteiger charge is -2.12. The molecule has 1 aromatic carbocycles. The van der Waals surface area contributed by atoms with E-state index in [2.05, 4.69) is 10.0 Å². The Hall–Kier alpha value is -1.49. The van der Waals surface area contributed by atoms with Crippen LogP contribution < -0.4 is 10.0 Å². The van der Waals surface area contributed by atoms with Crippen LogP contribution in [0.4, 0.5) is 0 Å². The zero-order valence-corrected chi connectivity index (χ0v) is 15.5. The van der Waals surface area contributed by atoms with Gasteiger partial charge in [0.15, 0.2) is 9.84 Å². The monoisotopic (exact) mass is 390 g/mol. The lowest BCUT2D eigenvalue weighted by Crippen LogP contribution is -2.35. The number of hydrogen-bond acceptors (Lipinski definition) is 6. The standard InChI is InChI=1S/C15H22N2O6S2/c1-23-9-2-8-16-15(18)12-3-5-14(6-4-12)25(21,22)17-13-7-10-24(19,20)11-13/h3-6,13,17H,2,7-11H2,1H3,(H,16,18). The van der Waals surface area contributed by atoms with Crippen molar-refractivity contribution in [2.75, 3.05) is 31.8 Å². The Bertz CT molecular complexity index is 803. The molecule has 0 bridgehead atoms. The van der Waals surface area contributed by atoms with Crippen LogP contribution in [0.2, 0.25) is 0 Å². The number of hydrogen-bond donors (Lipinski definition) is 2. The molecule has 1 amide bonds. The van der Waals surface area contributed by atoms with E-state index in [1.54, 1.807) is 7.11 Å². The third-order valence-corrected chi connectivity index (χ3v) is 7.10. The highest BCUT2D eigenvalue weighted by Crippen LogP contribution is 2.16. The predicted octanol–water partition coefficient (Wildman–Crippen LogP) is -0.0817. The number of ether oxygens (including phenoxy) is 1. The number of amides is 1. The molecule has 0 aliphatic carbocycles. The maximum atomic E-state index is 12.3. The van der Waals surface area contributed by atoms with Crippen molar-refractivity contribution in [2.45, 2.75) is 23.8 Å². The second-order valence-corrected chi connectivity index (χ2v) is 9.79. The minimum absolute atomic E-state index is 0.00673. The van der Waals surface area contributed by atoms with Gasteiger partial charge in [0.25, 0.3) is 5.91 Å². The highest BCUT2D eigenvalue weighted by molar-refractivity contribution is 7.92. The first-order chi connectivity index (χ1) is 11.7. The SMILES string of the molecule is COCCCNC(=O)c1ccc(S(=O)(=O)NC2CCS(=O)(=O)C2)cc1. The number of carbonyl (C=O) groups excluding carboxylic acids is 1. The fourth-order valence-electron chi connectivity index (χ4n) is 2.48. The predicted molar refractivity (Wildman–Crippen MR) is 92.6 cm³/mol. The van der Waals surface area contributed by atoms with Crippen molar-refractivity contribution in [1.82, 2.24) is 10.0 Å². The van der Waals surface area contributed by atoms with E-state index in [0.29, 0.717) is 25.1 Å². The summed E-state index contributed by atoms with van der Waals surface area (Å²) in [5, 5.41) is 2.71. The third kappa shape index (κ3) is 5.77. The van der Waals surface area contributed by atoms with Crippen LogP contribution in [0.5, 0.6) is 0 Å². The van der Waals surface area contributed by atoms with E-state index in [-0.39, 0.29) is 28.7 Å². The quantitative estimate of drug-likeness (QED) is 0.599. The molecule has 1 aromatic rings. The summed E-state index contributed by atoms with van der Waals surface area (Å²) in [6.07, 6.45) is 0.951. The van der Waals surface area contributed by atoms with Crippen LogP contribution in [0.15, 0.2) is 29.2 Å². The third-order valence-electron chi connectivity index (χ3n) is 3.79. The first kappa shape index (κ1) is 19.8. The molecule has 1 aliphatic rings. The number of carbonyl (C=O) groups is 1. The highest BCUT2D eigenvalue weighted by Gasteiger charge is 2.31. The Morgan fingerprint density at radius 2 is 1.96 bits per heavy atom. The van der Waals surface area contributed by atoms with Crippen molar-refractivity contribution in [1.29, 1.82) is 0 Å². The topological polar surface area (TPSA) is 119 Å². The smallest absolute Gasteiger partial charge is 0.251 e. The van der Waals surface area contributed by atoms with Gasteiger partial charge in [-0.3, -0.25) is 4.79 Å².